The number of para-hydroxylation sites is 1. The van der Waals surface area contributed by atoms with Gasteiger partial charge in [-0.15, -0.1) is 41.3 Å². The van der Waals surface area contributed by atoms with E-state index in [1.54, 1.807) is 0 Å². The van der Waals surface area contributed by atoms with Crippen LogP contribution in [-0.4, -0.2) is 19.3 Å². The average molecular weight is 882 g/mol. The molecule has 0 spiro atoms. The van der Waals surface area contributed by atoms with Gasteiger partial charge in [-0.1, -0.05) is 89.4 Å². The topological polar surface area (TPSA) is 44.9 Å². The number of unbranched alkanes of at least 4 members (excludes halogenated alkanes) is 1. The van der Waals surface area contributed by atoms with Gasteiger partial charge in [-0.2, -0.15) is 11.2 Å². The number of benzene rings is 4. The Morgan fingerprint density at radius 1 is 0.811 bits per heavy atom. The molecule has 0 bridgehead atoms. The van der Waals surface area contributed by atoms with Crippen molar-refractivity contribution in [2.45, 2.75) is 99.8 Å². The summed E-state index contributed by atoms with van der Waals surface area (Å²) in [5.74, 6) is 2.42. The summed E-state index contributed by atoms with van der Waals surface area (Å²) in [4.78, 5) is 4.85. The van der Waals surface area contributed by atoms with Crippen LogP contribution in [0.1, 0.15) is 99.5 Å². The van der Waals surface area contributed by atoms with Crippen molar-refractivity contribution < 1.29 is 25.8 Å². The number of aryl methyl sites for hydroxylation is 4. The van der Waals surface area contributed by atoms with Crippen molar-refractivity contribution in [3.05, 3.63) is 130 Å². The van der Waals surface area contributed by atoms with E-state index >= 15 is 0 Å². The molecule has 3 heterocycles. The molecule has 0 N–H and O–H groups in total. The van der Waals surface area contributed by atoms with Crippen LogP contribution in [0.5, 0.6) is 11.5 Å². The van der Waals surface area contributed by atoms with Gasteiger partial charge in [0.2, 0.25) is 0 Å². The molecule has 0 aliphatic carbocycles. The molecule has 4 aromatic carbocycles. The van der Waals surface area contributed by atoms with Crippen molar-refractivity contribution in [2.24, 2.45) is 0 Å². The molecule has 0 amide bonds. The predicted octanol–water partition coefficient (Wildman–Crippen LogP) is 12.4. The molecule has 0 radical (unpaired) electrons. The van der Waals surface area contributed by atoms with Crippen LogP contribution in [0.3, 0.4) is 0 Å². The Labute approximate surface area is 329 Å². The second-order valence-corrected chi connectivity index (χ2v) is 15.7. The van der Waals surface area contributed by atoms with E-state index in [4.69, 9.17) is 14.8 Å². The molecule has 53 heavy (non-hydrogen) atoms. The third-order valence-electron chi connectivity index (χ3n) is 10.2. The van der Waals surface area contributed by atoms with Crippen molar-refractivity contribution in [3.63, 3.8) is 0 Å². The van der Waals surface area contributed by atoms with E-state index in [1.807, 2.05) is 12.3 Å². The minimum Gasteiger partial charge on any atom is -0.509 e. The smallest absolute Gasteiger partial charge is 0.509 e. The maximum atomic E-state index is 6.71. The van der Waals surface area contributed by atoms with E-state index in [9.17, 15) is 0 Å². The minimum absolute atomic E-state index is 0. The number of hydrogen-bond acceptors (Lipinski definition) is 3. The van der Waals surface area contributed by atoms with Crippen LogP contribution < -0.4 is 4.74 Å². The van der Waals surface area contributed by atoms with Crippen molar-refractivity contribution >= 4 is 21.8 Å². The first kappa shape index (κ1) is 38.3. The van der Waals surface area contributed by atoms with Gasteiger partial charge in [0.25, 0.3) is 0 Å². The zero-order valence-electron chi connectivity index (χ0n) is 32.7. The first-order valence-corrected chi connectivity index (χ1v) is 18.7. The number of ether oxygens (including phenoxy) is 1. The number of rotatable bonds is 9. The molecule has 0 unspecified atom stereocenters. The van der Waals surface area contributed by atoms with Gasteiger partial charge >= 0.3 is 21.1 Å². The summed E-state index contributed by atoms with van der Waals surface area (Å²) >= 11 is 0. The summed E-state index contributed by atoms with van der Waals surface area (Å²) in [6, 6.07) is 33.1. The summed E-state index contributed by atoms with van der Waals surface area (Å²) in [6.45, 7) is 22.1. The van der Waals surface area contributed by atoms with Gasteiger partial charge in [-0.3, -0.25) is 4.68 Å². The van der Waals surface area contributed by atoms with Crippen molar-refractivity contribution in [1.82, 2.24) is 19.3 Å². The number of nitrogens with zero attached hydrogens (tertiary/aromatic N) is 4. The fourth-order valence-electron chi connectivity index (χ4n) is 7.60. The van der Waals surface area contributed by atoms with Gasteiger partial charge in [-0.05, 0) is 103 Å². The molecule has 0 atom stereocenters. The van der Waals surface area contributed by atoms with Crippen molar-refractivity contribution in [2.75, 3.05) is 0 Å². The Morgan fingerprint density at radius 2 is 1.55 bits per heavy atom. The Morgan fingerprint density at radius 3 is 2.25 bits per heavy atom. The largest absolute Gasteiger partial charge is 2.00 e. The van der Waals surface area contributed by atoms with E-state index in [0.717, 1.165) is 58.3 Å². The normalized spacial score (nSPS) is 11.8. The molecule has 0 aliphatic rings. The molecule has 5 nitrogen and oxygen atoms in total. The van der Waals surface area contributed by atoms with Gasteiger partial charge < -0.3 is 9.30 Å². The van der Waals surface area contributed by atoms with Gasteiger partial charge in [0, 0.05) is 34.5 Å². The van der Waals surface area contributed by atoms with Crippen LogP contribution in [0.25, 0.3) is 44.4 Å². The monoisotopic (exact) mass is 881 g/mol. The van der Waals surface area contributed by atoms with Gasteiger partial charge in [0.05, 0.1) is 5.69 Å². The second-order valence-electron chi connectivity index (χ2n) is 15.7. The zero-order valence-corrected chi connectivity index (χ0v) is 35.0. The Kier molecular flexibility index (Phi) is 10.9. The van der Waals surface area contributed by atoms with Crippen molar-refractivity contribution in [1.29, 1.82) is 0 Å². The molecular weight excluding hydrogens is 832 g/mol. The number of fused-ring (bicyclic) bond motifs is 3. The summed E-state index contributed by atoms with van der Waals surface area (Å²) in [6.07, 6.45) is 5.01. The van der Waals surface area contributed by atoms with E-state index in [0.29, 0.717) is 11.5 Å². The van der Waals surface area contributed by atoms with E-state index in [2.05, 4.69) is 157 Å². The molecule has 0 aliphatic heterocycles. The fourth-order valence-corrected chi connectivity index (χ4v) is 7.60. The Balaban J connectivity index is 0.00000481. The maximum absolute atomic E-state index is 6.71. The summed E-state index contributed by atoms with van der Waals surface area (Å²) in [7, 11) is 0. The SMILES string of the molecule is CCCCc1c(-c2c(C)cc(C)cc2C)c(C)nn1-c1[c-]c(Oc2[c-]c3c(cc2)c2ccccc2n3-c2cc(C(C)(C)C)ccn2)cc(C(C)C)c1.[Pt+2]. The number of pyridine rings is 1. The van der Waals surface area contributed by atoms with Gasteiger partial charge in [0.15, 0.2) is 0 Å². The van der Waals surface area contributed by atoms with Gasteiger partial charge in [-0.25, -0.2) is 4.98 Å². The van der Waals surface area contributed by atoms with Crippen LogP contribution in [0.4, 0.5) is 0 Å². The molecule has 3 aromatic heterocycles. The van der Waals surface area contributed by atoms with Crippen molar-refractivity contribution in [3.8, 4) is 34.1 Å². The molecule has 0 saturated carbocycles. The predicted molar refractivity (Wildman–Crippen MR) is 216 cm³/mol. The molecule has 0 fully saturated rings. The summed E-state index contributed by atoms with van der Waals surface area (Å²) < 4.78 is 11.0. The number of aromatic nitrogens is 4. The molecule has 6 heteroatoms. The first-order valence-electron chi connectivity index (χ1n) is 18.7. The number of hydrogen-bond donors (Lipinski definition) is 0. The third-order valence-corrected chi connectivity index (χ3v) is 10.2. The van der Waals surface area contributed by atoms with Crippen LogP contribution in [0.15, 0.2) is 79.0 Å². The zero-order chi connectivity index (χ0) is 36.9. The second kappa shape index (κ2) is 15.1. The standard InChI is InChI=1S/C47H50N4O.Pt/c1-11-12-16-42-46(45-31(5)22-30(4)23-32(45)6)33(7)49-51(42)36-24-34(29(2)3)25-38(27-36)52-37-18-19-40-39-15-13-14-17-41(39)50(43(40)28-37)44-26-35(20-21-48-44)47(8,9)10;/h13-15,17-26,29H,11-12,16H2,1-10H3;/q-2;+2. The third kappa shape index (κ3) is 7.38. The van der Waals surface area contributed by atoms with Gasteiger partial charge in [0.1, 0.15) is 5.82 Å². The molecule has 7 rings (SSSR count). The molecule has 0 saturated heterocycles. The van der Waals surface area contributed by atoms with E-state index in [1.165, 1.54) is 44.6 Å². The Bertz CT molecular complexity index is 2420. The van der Waals surface area contributed by atoms with E-state index in [-0.39, 0.29) is 32.4 Å². The first-order chi connectivity index (χ1) is 24.8. The molecule has 274 valence electrons. The molecule has 7 aromatic rings. The van der Waals surface area contributed by atoms with E-state index < -0.39 is 0 Å². The minimum atomic E-state index is -0.00844. The van der Waals surface area contributed by atoms with Crippen LogP contribution >= 0.6 is 0 Å². The maximum Gasteiger partial charge on any atom is 2.00 e. The van der Waals surface area contributed by atoms with Crippen LogP contribution in [-0.2, 0) is 32.9 Å². The average Bonchev–Trinajstić information content (AvgIpc) is 3.60. The fraction of sp³-hybridized carbons (Fsp3) is 0.319. The molecular formula is C47H50N4OPt. The summed E-state index contributed by atoms with van der Waals surface area (Å²) in [5.41, 5.74) is 13.9. The summed E-state index contributed by atoms with van der Waals surface area (Å²) in [5, 5.41) is 7.47. The Hall–Kier alpha value is -4.47. The quantitative estimate of drug-likeness (QED) is 0.136. The van der Waals surface area contributed by atoms with Crippen LogP contribution in [0.2, 0.25) is 0 Å². The van der Waals surface area contributed by atoms with Crippen LogP contribution in [0, 0.1) is 39.8 Å².